The first-order valence-corrected chi connectivity index (χ1v) is 9.12. The molecule has 0 fully saturated rings. The minimum absolute atomic E-state index is 0.295. The summed E-state index contributed by atoms with van der Waals surface area (Å²) in [7, 11) is 1.74. The smallest absolute Gasteiger partial charge is 0.338 e. The van der Waals surface area contributed by atoms with Crippen molar-refractivity contribution in [3.05, 3.63) is 51.5 Å². The number of nitrogens with one attached hydrogen (secondary N) is 2. The Balaban J connectivity index is 1.77. The van der Waals surface area contributed by atoms with Crippen molar-refractivity contribution >= 4 is 23.3 Å². The lowest BCUT2D eigenvalue weighted by Gasteiger charge is -2.11. The molecule has 0 radical (unpaired) electrons. The molecule has 1 aromatic carbocycles. The van der Waals surface area contributed by atoms with E-state index in [1.54, 1.807) is 37.4 Å². The second kappa shape index (κ2) is 9.78. The number of benzene rings is 1. The predicted octanol–water partition coefficient (Wildman–Crippen LogP) is 2.54. The molecule has 0 aliphatic carbocycles. The molecule has 2 aromatic rings. The molecule has 7 heteroatoms. The van der Waals surface area contributed by atoms with Gasteiger partial charge in [-0.25, -0.2) is 9.78 Å². The number of thiazole rings is 1. The first-order valence-electron chi connectivity index (χ1n) is 8.24. The van der Waals surface area contributed by atoms with Crippen molar-refractivity contribution in [2.24, 2.45) is 4.99 Å². The van der Waals surface area contributed by atoms with E-state index in [1.807, 2.05) is 19.1 Å². The van der Waals surface area contributed by atoms with Crippen molar-refractivity contribution in [1.82, 2.24) is 15.6 Å². The van der Waals surface area contributed by atoms with Gasteiger partial charge >= 0.3 is 5.97 Å². The van der Waals surface area contributed by atoms with Crippen LogP contribution in [0.3, 0.4) is 0 Å². The second-order valence-electron chi connectivity index (χ2n) is 5.38. The van der Waals surface area contributed by atoms with Crippen LogP contribution in [-0.2, 0) is 17.7 Å². The Bertz CT molecular complexity index is 710. The molecule has 134 valence electrons. The highest BCUT2D eigenvalue weighted by Gasteiger charge is 2.06. The Labute approximate surface area is 152 Å². The molecule has 0 bridgehead atoms. The average molecular weight is 360 g/mol. The molecular weight excluding hydrogens is 336 g/mol. The van der Waals surface area contributed by atoms with E-state index in [0.717, 1.165) is 35.2 Å². The van der Waals surface area contributed by atoms with Crippen LogP contribution < -0.4 is 10.6 Å². The summed E-state index contributed by atoms with van der Waals surface area (Å²) in [5.74, 6) is 0.443. The zero-order valence-corrected chi connectivity index (χ0v) is 15.7. The van der Waals surface area contributed by atoms with E-state index >= 15 is 0 Å². The van der Waals surface area contributed by atoms with Gasteiger partial charge in [0, 0.05) is 31.9 Å². The molecule has 0 atom stereocenters. The molecule has 25 heavy (non-hydrogen) atoms. The van der Waals surface area contributed by atoms with E-state index in [2.05, 4.69) is 26.0 Å². The number of carbonyl (C=O) groups is 1. The third-order valence-corrected chi connectivity index (χ3v) is 4.31. The minimum atomic E-state index is -0.295. The molecule has 0 saturated heterocycles. The number of carbonyl (C=O) groups excluding carboxylic acids is 1. The quantitative estimate of drug-likeness (QED) is 0.451. The molecule has 0 aliphatic rings. The average Bonchev–Trinajstić information content (AvgIpc) is 3.04. The van der Waals surface area contributed by atoms with Gasteiger partial charge in [0.25, 0.3) is 0 Å². The summed E-state index contributed by atoms with van der Waals surface area (Å²) in [5.41, 5.74) is 2.72. The predicted molar refractivity (Wildman–Crippen MR) is 101 cm³/mol. The van der Waals surface area contributed by atoms with E-state index in [-0.39, 0.29) is 5.97 Å². The molecule has 1 aromatic heterocycles. The maximum absolute atomic E-state index is 11.6. The van der Waals surface area contributed by atoms with Crippen molar-refractivity contribution in [2.45, 2.75) is 26.8 Å². The number of hydrogen-bond donors (Lipinski definition) is 2. The number of aryl methyl sites for hydroxylation is 1. The number of rotatable bonds is 7. The molecule has 0 unspecified atom stereocenters. The van der Waals surface area contributed by atoms with Crippen molar-refractivity contribution in [2.75, 3.05) is 20.2 Å². The molecular formula is C18H24N4O2S. The van der Waals surface area contributed by atoms with Crippen LogP contribution in [0.4, 0.5) is 0 Å². The fraction of sp³-hybridized carbons (Fsp3) is 0.389. The van der Waals surface area contributed by atoms with Crippen molar-refractivity contribution in [3.8, 4) is 0 Å². The molecule has 0 saturated carbocycles. The third kappa shape index (κ3) is 6.19. The fourth-order valence-corrected chi connectivity index (χ4v) is 2.86. The zero-order chi connectivity index (χ0) is 18.1. The van der Waals surface area contributed by atoms with Crippen LogP contribution in [0.15, 0.2) is 34.6 Å². The summed E-state index contributed by atoms with van der Waals surface area (Å²) in [4.78, 5) is 20.3. The normalized spacial score (nSPS) is 11.2. The molecule has 0 aliphatic heterocycles. The van der Waals surface area contributed by atoms with E-state index in [9.17, 15) is 4.79 Å². The summed E-state index contributed by atoms with van der Waals surface area (Å²) < 4.78 is 4.98. The van der Waals surface area contributed by atoms with Gasteiger partial charge in [-0.2, -0.15) is 0 Å². The minimum Gasteiger partial charge on any atom is -0.462 e. The maximum Gasteiger partial charge on any atom is 0.338 e. The first kappa shape index (κ1) is 18.9. The maximum atomic E-state index is 11.6. The highest BCUT2D eigenvalue weighted by Crippen LogP contribution is 2.08. The summed E-state index contributed by atoms with van der Waals surface area (Å²) >= 11 is 1.66. The van der Waals surface area contributed by atoms with Crippen LogP contribution in [0.5, 0.6) is 0 Å². The first-order chi connectivity index (χ1) is 12.1. The van der Waals surface area contributed by atoms with Gasteiger partial charge < -0.3 is 15.4 Å². The number of aromatic nitrogens is 1. The van der Waals surface area contributed by atoms with Crippen molar-refractivity contribution < 1.29 is 9.53 Å². The molecule has 2 N–H and O–H groups in total. The number of hydrogen-bond acceptors (Lipinski definition) is 5. The number of aliphatic imine (C=N–C) groups is 1. The number of esters is 1. The lowest BCUT2D eigenvalue weighted by Crippen LogP contribution is -2.37. The van der Waals surface area contributed by atoms with Crippen LogP contribution >= 0.6 is 11.3 Å². The Morgan fingerprint density at radius 1 is 1.28 bits per heavy atom. The van der Waals surface area contributed by atoms with Crippen LogP contribution in [0.25, 0.3) is 0 Å². The van der Waals surface area contributed by atoms with Gasteiger partial charge in [0.1, 0.15) is 0 Å². The topological polar surface area (TPSA) is 75.6 Å². The zero-order valence-electron chi connectivity index (χ0n) is 14.8. The number of nitrogens with zero attached hydrogens (tertiary/aromatic N) is 2. The van der Waals surface area contributed by atoms with Crippen LogP contribution in [-0.4, -0.2) is 37.1 Å². The molecule has 0 spiro atoms. The molecule has 1 heterocycles. The van der Waals surface area contributed by atoms with E-state index < -0.39 is 0 Å². The van der Waals surface area contributed by atoms with Gasteiger partial charge in [-0.3, -0.25) is 4.99 Å². The van der Waals surface area contributed by atoms with E-state index in [1.165, 1.54) is 0 Å². The van der Waals surface area contributed by atoms with Crippen LogP contribution in [0.1, 0.15) is 33.5 Å². The van der Waals surface area contributed by atoms with Crippen LogP contribution in [0, 0.1) is 6.92 Å². The Kier molecular flexibility index (Phi) is 7.40. The van der Waals surface area contributed by atoms with Gasteiger partial charge in [0.15, 0.2) is 5.96 Å². The highest BCUT2D eigenvalue weighted by molar-refractivity contribution is 7.09. The molecule has 0 amide bonds. The van der Waals surface area contributed by atoms with E-state index in [4.69, 9.17) is 4.74 Å². The van der Waals surface area contributed by atoms with Gasteiger partial charge in [-0.15, -0.1) is 11.3 Å². The lowest BCUT2D eigenvalue weighted by molar-refractivity contribution is 0.0526. The monoisotopic (exact) mass is 360 g/mol. The van der Waals surface area contributed by atoms with Crippen molar-refractivity contribution in [3.63, 3.8) is 0 Å². The second-order valence-corrected chi connectivity index (χ2v) is 6.44. The highest BCUT2D eigenvalue weighted by atomic mass is 32.1. The summed E-state index contributed by atoms with van der Waals surface area (Å²) in [5, 5.41) is 9.70. The Hall–Kier alpha value is -2.41. The molecule has 6 nitrogen and oxygen atoms in total. The van der Waals surface area contributed by atoms with Crippen molar-refractivity contribution in [1.29, 1.82) is 0 Å². The van der Waals surface area contributed by atoms with Gasteiger partial charge in [-0.05, 0) is 31.5 Å². The Morgan fingerprint density at radius 3 is 2.64 bits per heavy atom. The van der Waals surface area contributed by atoms with Crippen LogP contribution in [0.2, 0.25) is 0 Å². The molecule has 2 rings (SSSR count). The standard InChI is InChI=1S/C18H24N4O2S/c1-4-24-17(23)15-7-5-14(6-8-15)11-21-18(19-3)20-10-9-16-12-25-13(2)22-16/h5-8,12H,4,9-11H2,1-3H3,(H2,19,20,21). The van der Waals surface area contributed by atoms with E-state index in [0.29, 0.717) is 18.7 Å². The largest absolute Gasteiger partial charge is 0.462 e. The lowest BCUT2D eigenvalue weighted by atomic mass is 10.1. The SMILES string of the molecule is CCOC(=O)c1ccc(CNC(=NC)NCCc2csc(C)n2)cc1. The third-order valence-electron chi connectivity index (χ3n) is 3.49. The Morgan fingerprint density at radius 2 is 2.04 bits per heavy atom. The summed E-state index contributed by atoms with van der Waals surface area (Å²) in [6.07, 6.45) is 0.860. The van der Waals surface area contributed by atoms with Gasteiger partial charge in [0.05, 0.1) is 22.9 Å². The summed E-state index contributed by atoms with van der Waals surface area (Å²) in [6.45, 7) is 5.58. The number of ether oxygens (including phenoxy) is 1. The fourth-order valence-electron chi connectivity index (χ4n) is 2.21. The van der Waals surface area contributed by atoms with Gasteiger partial charge in [0.2, 0.25) is 0 Å². The van der Waals surface area contributed by atoms with Gasteiger partial charge in [-0.1, -0.05) is 12.1 Å². The summed E-state index contributed by atoms with van der Waals surface area (Å²) in [6, 6.07) is 7.36. The number of guanidine groups is 1.